The molecule has 13 heavy (non-hydrogen) atoms. The molecule has 0 saturated heterocycles. The number of carbonyl (C=O) groups is 1. The molecule has 1 atom stereocenters. The number of rotatable bonds is 4. The normalized spacial score (nSPS) is 16.4. The zero-order chi connectivity index (χ0) is 10.7. The zero-order valence-electron chi connectivity index (χ0n) is 7.56. The van der Waals surface area contributed by atoms with Crippen molar-refractivity contribution in [1.29, 1.82) is 0 Å². The smallest absolute Gasteiger partial charge is 0.345 e. The monoisotopic (exact) mass is 211 g/mol. The van der Waals surface area contributed by atoms with Gasteiger partial charge in [0.2, 0.25) is 0 Å². The van der Waals surface area contributed by atoms with Gasteiger partial charge in [0.05, 0.1) is 13.0 Å². The summed E-state index contributed by atoms with van der Waals surface area (Å²) in [6, 6.07) is 0. The summed E-state index contributed by atoms with van der Waals surface area (Å²) in [6.07, 6.45) is -0.495. The molecule has 0 heterocycles. The quantitative estimate of drug-likeness (QED) is 0.438. The molecule has 0 fully saturated rings. The third kappa shape index (κ3) is 3.87. The topological polar surface area (TPSA) is 110 Å². The lowest BCUT2D eigenvalue weighted by molar-refractivity contribution is -0.143. The van der Waals surface area contributed by atoms with Crippen LogP contribution >= 0.6 is 7.60 Å². The van der Waals surface area contributed by atoms with Gasteiger partial charge in [-0.15, -0.1) is 0 Å². The zero-order valence-corrected chi connectivity index (χ0v) is 8.45. The third-order valence-corrected chi connectivity index (χ3v) is 2.96. The molecule has 0 saturated carbocycles. The molecule has 6 nitrogen and oxygen atoms in total. The molecule has 0 spiro atoms. The summed E-state index contributed by atoms with van der Waals surface area (Å²) in [4.78, 5) is 28.3. The molecule has 0 bridgehead atoms. The summed E-state index contributed by atoms with van der Waals surface area (Å²) in [5.74, 6) is -0.712. The van der Waals surface area contributed by atoms with Crippen molar-refractivity contribution in [2.75, 3.05) is 6.61 Å². The van der Waals surface area contributed by atoms with E-state index in [-0.39, 0.29) is 6.61 Å². The minimum Gasteiger partial charge on any atom is -0.466 e. The summed E-state index contributed by atoms with van der Waals surface area (Å²) in [6.45, 7) is 2.88. The Morgan fingerprint density at radius 2 is 2.08 bits per heavy atom. The van der Waals surface area contributed by atoms with E-state index in [4.69, 9.17) is 15.5 Å². The Labute approximate surface area is 76.2 Å². The first kappa shape index (κ1) is 12.6. The number of ether oxygens (including phenoxy) is 1. The lowest BCUT2D eigenvalue weighted by Crippen LogP contribution is -2.38. The van der Waals surface area contributed by atoms with E-state index in [9.17, 15) is 9.36 Å². The molecule has 7 heteroatoms. The third-order valence-electron chi connectivity index (χ3n) is 1.47. The van der Waals surface area contributed by atoms with Crippen LogP contribution in [0.5, 0.6) is 0 Å². The highest BCUT2D eigenvalue weighted by molar-refractivity contribution is 7.53. The van der Waals surface area contributed by atoms with Crippen LogP contribution in [0.1, 0.15) is 20.3 Å². The van der Waals surface area contributed by atoms with Crippen LogP contribution in [-0.2, 0) is 14.1 Å². The number of nitrogens with two attached hydrogens (primary N) is 1. The lowest BCUT2D eigenvalue weighted by Gasteiger charge is -2.24. The molecule has 0 rings (SSSR count). The van der Waals surface area contributed by atoms with Crippen molar-refractivity contribution in [2.24, 2.45) is 5.73 Å². The first-order chi connectivity index (χ1) is 5.70. The van der Waals surface area contributed by atoms with E-state index in [0.29, 0.717) is 0 Å². The first-order valence-electron chi connectivity index (χ1n) is 3.71. The van der Waals surface area contributed by atoms with Gasteiger partial charge in [-0.1, -0.05) is 0 Å². The van der Waals surface area contributed by atoms with Crippen molar-refractivity contribution in [1.82, 2.24) is 0 Å². The second-order valence-corrected chi connectivity index (χ2v) is 4.99. The van der Waals surface area contributed by atoms with Crippen LogP contribution in [0.2, 0.25) is 0 Å². The molecule has 78 valence electrons. The maximum absolute atomic E-state index is 10.9. The fraction of sp³-hybridized carbons (Fsp3) is 0.833. The molecule has 0 aliphatic rings. The van der Waals surface area contributed by atoms with Gasteiger partial charge < -0.3 is 20.3 Å². The Balaban J connectivity index is 4.35. The average Bonchev–Trinajstić information content (AvgIpc) is 1.83. The summed E-state index contributed by atoms with van der Waals surface area (Å²) in [7, 11) is -4.47. The van der Waals surface area contributed by atoms with E-state index in [0.717, 1.165) is 6.92 Å². The van der Waals surface area contributed by atoms with Crippen molar-refractivity contribution in [3.8, 4) is 0 Å². The fourth-order valence-corrected chi connectivity index (χ4v) is 0.942. The van der Waals surface area contributed by atoms with Crippen molar-refractivity contribution in [2.45, 2.75) is 25.5 Å². The van der Waals surface area contributed by atoms with Gasteiger partial charge in [0.25, 0.3) is 0 Å². The van der Waals surface area contributed by atoms with Crippen LogP contribution in [-0.4, -0.2) is 27.6 Å². The van der Waals surface area contributed by atoms with Crippen molar-refractivity contribution >= 4 is 13.6 Å². The SMILES string of the molecule is CCOC(=O)CC(C)(N)P(=O)(O)O. The summed E-state index contributed by atoms with van der Waals surface area (Å²) >= 11 is 0. The maximum atomic E-state index is 10.9. The Morgan fingerprint density at radius 1 is 1.62 bits per heavy atom. The molecule has 4 N–H and O–H groups in total. The number of hydrogen-bond donors (Lipinski definition) is 3. The Bertz CT molecular complexity index is 233. The molecular formula is C6H14NO5P. The van der Waals surface area contributed by atoms with Crippen LogP contribution in [0.15, 0.2) is 0 Å². The molecule has 0 aliphatic carbocycles. The predicted molar refractivity (Wildman–Crippen MR) is 45.9 cm³/mol. The molecular weight excluding hydrogens is 197 g/mol. The average molecular weight is 211 g/mol. The highest BCUT2D eigenvalue weighted by Crippen LogP contribution is 2.48. The summed E-state index contributed by atoms with van der Waals surface area (Å²) in [5, 5.41) is -1.85. The first-order valence-corrected chi connectivity index (χ1v) is 5.32. The van der Waals surface area contributed by atoms with Gasteiger partial charge in [0, 0.05) is 0 Å². The van der Waals surface area contributed by atoms with Crippen molar-refractivity contribution in [3.05, 3.63) is 0 Å². The second-order valence-electron chi connectivity index (χ2n) is 2.88. The predicted octanol–water partition coefficient (Wildman–Crippen LogP) is -0.208. The fourth-order valence-electron chi connectivity index (χ4n) is 0.607. The van der Waals surface area contributed by atoms with Gasteiger partial charge in [-0.2, -0.15) is 0 Å². The van der Waals surface area contributed by atoms with E-state index >= 15 is 0 Å². The van der Waals surface area contributed by atoms with Crippen LogP contribution in [0.3, 0.4) is 0 Å². The van der Waals surface area contributed by atoms with Gasteiger partial charge in [-0.05, 0) is 13.8 Å². The second kappa shape index (κ2) is 4.19. The molecule has 1 unspecified atom stereocenters. The molecule has 0 radical (unpaired) electrons. The van der Waals surface area contributed by atoms with Gasteiger partial charge in [0.1, 0.15) is 5.28 Å². The van der Waals surface area contributed by atoms with Crippen LogP contribution in [0.4, 0.5) is 0 Å². The molecule has 0 amide bonds. The Hall–Kier alpha value is -0.420. The number of carbonyl (C=O) groups excluding carboxylic acids is 1. The van der Waals surface area contributed by atoms with E-state index in [1.165, 1.54) is 0 Å². The highest BCUT2D eigenvalue weighted by atomic mass is 31.2. The number of esters is 1. The molecule has 0 aliphatic heterocycles. The van der Waals surface area contributed by atoms with Crippen LogP contribution in [0, 0.1) is 0 Å². The summed E-state index contributed by atoms with van der Waals surface area (Å²) < 4.78 is 15.3. The Morgan fingerprint density at radius 3 is 2.38 bits per heavy atom. The van der Waals surface area contributed by atoms with E-state index in [1.807, 2.05) is 0 Å². The van der Waals surface area contributed by atoms with E-state index in [2.05, 4.69) is 4.74 Å². The van der Waals surface area contributed by atoms with Crippen molar-refractivity contribution in [3.63, 3.8) is 0 Å². The molecule has 0 aromatic carbocycles. The number of hydrogen-bond acceptors (Lipinski definition) is 4. The minimum absolute atomic E-state index is 0.163. The molecule has 0 aromatic heterocycles. The highest BCUT2D eigenvalue weighted by Gasteiger charge is 2.40. The maximum Gasteiger partial charge on any atom is 0.345 e. The van der Waals surface area contributed by atoms with Gasteiger partial charge >= 0.3 is 13.6 Å². The van der Waals surface area contributed by atoms with Gasteiger partial charge in [0.15, 0.2) is 0 Å². The Kier molecular flexibility index (Phi) is 4.06. The van der Waals surface area contributed by atoms with Crippen LogP contribution < -0.4 is 5.73 Å². The van der Waals surface area contributed by atoms with Crippen LogP contribution in [0.25, 0.3) is 0 Å². The standard InChI is InChI=1S/C6H14NO5P/c1-3-12-5(8)4-6(2,7)13(9,10)11/h3-4,7H2,1-2H3,(H2,9,10,11). The van der Waals surface area contributed by atoms with Crippen molar-refractivity contribution < 1.29 is 23.9 Å². The van der Waals surface area contributed by atoms with Gasteiger partial charge in [-0.25, -0.2) is 0 Å². The molecule has 0 aromatic rings. The van der Waals surface area contributed by atoms with E-state index in [1.54, 1.807) is 6.92 Å². The summed E-state index contributed by atoms with van der Waals surface area (Å²) in [5.41, 5.74) is 5.26. The largest absolute Gasteiger partial charge is 0.466 e. The van der Waals surface area contributed by atoms with Gasteiger partial charge in [-0.3, -0.25) is 9.36 Å². The lowest BCUT2D eigenvalue weighted by atomic mass is 10.2. The van der Waals surface area contributed by atoms with E-state index < -0.39 is 25.3 Å². The minimum atomic E-state index is -4.47.